The van der Waals surface area contributed by atoms with Crippen LogP contribution in [0.4, 0.5) is 0 Å². The zero-order chi connectivity index (χ0) is 13.8. The SMILES string of the molecule is O=C(O)C(=O)CC(=O)c1ccc(-c2ccccc2)o1. The van der Waals surface area contributed by atoms with Gasteiger partial charge in [-0.1, -0.05) is 30.3 Å². The fourth-order valence-corrected chi connectivity index (χ4v) is 1.55. The predicted octanol–water partition coefficient (Wildman–Crippen LogP) is 2.17. The number of carboxylic acid groups (broad SMARTS) is 1. The lowest BCUT2D eigenvalue weighted by molar-refractivity contribution is -0.148. The van der Waals surface area contributed by atoms with Crippen LogP contribution in [-0.2, 0) is 9.59 Å². The number of hydrogen-bond donors (Lipinski definition) is 1. The van der Waals surface area contributed by atoms with Crippen LogP contribution in [0.25, 0.3) is 11.3 Å². The Morgan fingerprint density at radius 3 is 2.32 bits per heavy atom. The molecule has 0 amide bonds. The molecule has 1 N–H and O–H groups in total. The maximum absolute atomic E-state index is 11.6. The maximum atomic E-state index is 11.6. The number of aliphatic carboxylic acids is 1. The fraction of sp³-hybridized carbons (Fsp3) is 0.0714. The van der Waals surface area contributed by atoms with Gasteiger partial charge in [0.25, 0.3) is 0 Å². The van der Waals surface area contributed by atoms with Gasteiger partial charge in [-0.25, -0.2) is 4.79 Å². The molecule has 5 heteroatoms. The topological polar surface area (TPSA) is 84.6 Å². The summed E-state index contributed by atoms with van der Waals surface area (Å²) in [5.41, 5.74) is 0.797. The molecule has 0 aliphatic rings. The van der Waals surface area contributed by atoms with Crippen LogP contribution >= 0.6 is 0 Å². The first-order chi connectivity index (χ1) is 9.08. The summed E-state index contributed by atoms with van der Waals surface area (Å²) >= 11 is 0. The molecule has 0 bridgehead atoms. The minimum atomic E-state index is -1.62. The lowest BCUT2D eigenvalue weighted by Crippen LogP contribution is -2.16. The molecule has 0 spiro atoms. The van der Waals surface area contributed by atoms with E-state index in [-0.39, 0.29) is 5.76 Å². The number of carbonyl (C=O) groups excluding carboxylic acids is 2. The molecule has 0 fully saturated rings. The van der Waals surface area contributed by atoms with Crippen molar-refractivity contribution in [1.29, 1.82) is 0 Å². The van der Waals surface area contributed by atoms with Crippen LogP contribution in [0.2, 0.25) is 0 Å². The summed E-state index contributed by atoms with van der Waals surface area (Å²) in [5.74, 6) is -2.94. The van der Waals surface area contributed by atoms with E-state index in [0.29, 0.717) is 5.76 Å². The van der Waals surface area contributed by atoms with Gasteiger partial charge in [0.2, 0.25) is 11.6 Å². The molecular weight excluding hydrogens is 248 g/mol. The predicted molar refractivity (Wildman–Crippen MR) is 65.7 cm³/mol. The van der Waals surface area contributed by atoms with Crippen molar-refractivity contribution in [1.82, 2.24) is 0 Å². The van der Waals surface area contributed by atoms with Gasteiger partial charge in [-0.2, -0.15) is 0 Å². The van der Waals surface area contributed by atoms with E-state index in [1.165, 1.54) is 6.07 Å². The Kier molecular flexibility index (Phi) is 3.56. The van der Waals surface area contributed by atoms with E-state index in [0.717, 1.165) is 5.56 Å². The Balaban J connectivity index is 2.16. The Hall–Kier alpha value is -2.69. The van der Waals surface area contributed by atoms with Gasteiger partial charge in [-0.3, -0.25) is 9.59 Å². The molecule has 5 nitrogen and oxygen atoms in total. The van der Waals surface area contributed by atoms with Crippen molar-refractivity contribution in [3.05, 3.63) is 48.2 Å². The van der Waals surface area contributed by atoms with E-state index in [1.54, 1.807) is 6.07 Å². The molecule has 0 aliphatic carbocycles. The average molecular weight is 258 g/mol. The molecular formula is C14H10O5. The standard InChI is InChI=1S/C14H10O5/c15-10(8-11(16)14(17)18)13-7-6-12(19-13)9-4-2-1-3-5-9/h1-7H,8H2,(H,17,18). The van der Waals surface area contributed by atoms with E-state index in [9.17, 15) is 14.4 Å². The summed E-state index contributed by atoms with van der Waals surface area (Å²) in [7, 11) is 0. The third-order valence-corrected chi connectivity index (χ3v) is 2.50. The Morgan fingerprint density at radius 2 is 1.68 bits per heavy atom. The molecule has 1 aromatic carbocycles. The maximum Gasteiger partial charge on any atom is 0.372 e. The van der Waals surface area contributed by atoms with Gasteiger partial charge in [-0.05, 0) is 12.1 Å². The summed E-state index contributed by atoms with van der Waals surface area (Å²) in [6.07, 6.45) is -0.697. The molecule has 0 unspecified atom stereocenters. The molecule has 0 atom stereocenters. The smallest absolute Gasteiger partial charge is 0.372 e. The number of furan rings is 1. The lowest BCUT2D eigenvalue weighted by atomic mass is 10.1. The highest BCUT2D eigenvalue weighted by Crippen LogP contribution is 2.22. The van der Waals surface area contributed by atoms with Gasteiger partial charge in [0.15, 0.2) is 5.76 Å². The zero-order valence-electron chi connectivity index (χ0n) is 9.83. The Bertz CT molecular complexity index is 624. The Morgan fingerprint density at radius 1 is 1.00 bits per heavy atom. The first-order valence-electron chi connectivity index (χ1n) is 5.52. The van der Waals surface area contributed by atoms with E-state index >= 15 is 0 Å². The molecule has 0 radical (unpaired) electrons. The van der Waals surface area contributed by atoms with Crippen molar-refractivity contribution in [3.8, 4) is 11.3 Å². The number of carbonyl (C=O) groups is 3. The highest BCUT2D eigenvalue weighted by Gasteiger charge is 2.20. The van der Waals surface area contributed by atoms with Gasteiger partial charge >= 0.3 is 5.97 Å². The van der Waals surface area contributed by atoms with Crippen LogP contribution in [-0.4, -0.2) is 22.6 Å². The van der Waals surface area contributed by atoms with Gasteiger partial charge in [-0.15, -0.1) is 0 Å². The van der Waals surface area contributed by atoms with Crippen molar-refractivity contribution in [2.75, 3.05) is 0 Å². The highest BCUT2D eigenvalue weighted by atomic mass is 16.4. The number of benzene rings is 1. The third kappa shape index (κ3) is 2.95. The number of rotatable bonds is 5. The van der Waals surface area contributed by atoms with Crippen molar-refractivity contribution in [2.45, 2.75) is 6.42 Å². The quantitative estimate of drug-likeness (QED) is 0.504. The number of carboxylic acids is 1. The van der Waals surface area contributed by atoms with Crippen molar-refractivity contribution in [3.63, 3.8) is 0 Å². The van der Waals surface area contributed by atoms with Crippen LogP contribution < -0.4 is 0 Å². The molecule has 2 aromatic rings. The fourth-order valence-electron chi connectivity index (χ4n) is 1.55. The molecule has 1 heterocycles. The second-order valence-electron chi connectivity index (χ2n) is 3.86. The molecule has 0 aliphatic heterocycles. The van der Waals surface area contributed by atoms with Crippen LogP contribution in [0.3, 0.4) is 0 Å². The van der Waals surface area contributed by atoms with E-state index < -0.39 is 24.0 Å². The van der Waals surface area contributed by atoms with Gasteiger partial charge in [0.1, 0.15) is 5.76 Å². The minimum Gasteiger partial charge on any atom is -0.475 e. The zero-order valence-corrected chi connectivity index (χ0v) is 9.83. The van der Waals surface area contributed by atoms with E-state index in [4.69, 9.17) is 9.52 Å². The van der Waals surface area contributed by atoms with Gasteiger partial charge < -0.3 is 9.52 Å². The summed E-state index contributed by atoms with van der Waals surface area (Å²) < 4.78 is 5.32. The monoisotopic (exact) mass is 258 g/mol. The van der Waals surface area contributed by atoms with Crippen molar-refractivity contribution < 1.29 is 23.9 Å². The van der Waals surface area contributed by atoms with Crippen LogP contribution in [0.5, 0.6) is 0 Å². The highest BCUT2D eigenvalue weighted by molar-refractivity contribution is 6.37. The molecule has 1 aromatic heterocycles. The number of Topliss-reactive ketones (excluding diaryl/α,β-unsaturated/α-hetero) is 2. The minimum absolute atomic E-state index is 0.0200. The summed E-state index contributed by atoms with van der Waals surface area (Å²) in [5, 5.41) is 8.43. The summed E-state index contributed by atoms with van der Waals surface area (Å²) in [6.45, 7) is 0. The number of hydrogen-bond acceptors (Lipinski definition) is 4. The molecule has 0 saturated heterocycles. The second-order valence-corrected chi connectivity index (χ2v) is 3.86. The average Bonchev–Trinajstić information content (AvgIpc) is 2.89. The van der Waals surface area contributed by atoms with Crippen LogP contribution in [0, 0.1) is 0 Å². The van der Waals surface area contributed by atoms with E-state index in [1.807, 2.05) is 30.3 Å². The van der Waals surface area contributed by atoms with Crippen LogP contribution in [0.15, 0.2) is 46.9 Å². The van der Waals surface area contributed by atoms with E-state index in [2.05, 4.69) is 0 Å². The van der Waals surface area contributed by atoms with Crippen molar-refractivity contribution >= 4 is 17.5 Å². The molecule has 19 heavy (non-hydrogen) atoms. The molecule has 0 saturated carbocycles. The molecule has 96 valence electrons. The van der Waals surface area contributed by atoms with Gasteiger partial charge in [0.05, 0.1) is 6.42 Å². The summed E-state index contributed by atoms with van der Waals surface area (Å²) in [4.78, 5) is 32.9. The Labute approximate surface area is 108 Å². The second kappa shape index (κ2) is 5.30. The third-order valence-electron chi connectivity index (χ3n) is 2.50. The first kappa shape index (κ1) is 12.8. The normalized spacial score (nSPS) is 10.1. The first-order valence-corrected chi connectivity index (χ1v) is 5.52. The summed E-state index contributed by atoms with van der Waals surface area (Å²) in [6, 6.07) is 12.2. The molecule has 2 rings (SSSR count). The lowest BCUT2D eigenvalue weighted by Gasteiger charge is -1.96. The van der Waals surface area contributed by atoms with Gasteiger partial charge in [0, 0.05) is 5.56 Å². The van der Waals surface area contributed by atoms with Crippen LogP contribution in [0.1, 0.15) is 17.0 Å². The van der Waals surface area contributed by atoms with Crippen molar-refractivity contribution in [2.24, 2.45) is 0 Å². The number of ketones is 2. The largest absolute Gasteiger partial charge is 0.475 e.